The number of carbonyl (C=O) groups excluding carboxylic acids is 2. The fourth-order valence-corrected chi connectivity index (χ4v) is 5.34. The summed E-state index contributed by atoms with van der Waals surface area (Å²) in [6.45, 7) is 6.77. The van der Waals surface area contributed by atoms with Crippen LogP contribution in [0.5, 0.6) is 0 Å². The van der Waals surface area contributed by atoms with Crippen LogP contribution in [0, 0.1) is 13.8 Å². The lowest BCUT2D eigenvalue weighted by atomic mass is 10.0. The number of carbonyl (C=O) groups is 2. The van der Waals surface area contributed by atoms with Crippen molar-refractivity contribution in [1.29, 1.82) is 0 Å². The third-order valence-corrected chi connectivity index (χ3v) is 7.46. The highest BCUT2D eigenvalue weighted by atomic mass is 35.5. The Morgan fingerprint density at radius 1 is 0.889 bits per heavy atom. The monoisotopic (exact) mass is 542 g/mol. The maximum Gasteiger partial charge on any atom is 0.243 e. The molecule has 4 nitrogen and oxygen atoms in total. The highest BCUT2D eigenvalue weighted by molar-refractivity contribution is 7.99. The molecule has 0 aliphatic rings. The third kappa shape index (κ3) is 8.29. The number of likely N-dealkylation sites (N-methyl/N-ethyl adjacent to an activating group) is 1. The van der Waals surface area contributed by atoms with Crippen LogP contribution in [0.25, 0.3) is 0 Å². The minimum absolute atomic E-state index is 0.0948. The molecular weight excluding hydrogens is 511 g/mol. The Morgan fingerprint density at radius 3 is 2.22 bits per heavy atom. The molecule has 1 N–H and O–H groups in total. The maximum atomic E-state index is 13.6. The molecule has 0 spiro atoms. The largest absolute Gasteiger partial charge is 0.355 e. The summed E-state index contributed by atoms with van der Waals surface area (Å²) in [5.41, 5.74) is 5.41. The first kappa shape index (κ1) is 28.1. The van der Waals surface area contributed by atoms with Crippen LogP contribution in [0.2, 0.25) is 10.0 Å². The standard InChI is InChI=1S/C29H32Cl2N2O2S/c1-4-32-29(35)27(16-22-8-6-5-7-9-22)33(17-23-10-11-25(30)26(31)15-23)28(34)19-36-18-24-13-20(2)12-21(3)14-24/h5-15,27H,4,16-19H2,1-3H3,(H,32,35)/t27-/m0/s1. The van der Waals surface area contributed by atoms with Gasteiger partial charge in [-0.15, -0.1) is 11.8 Å². The second-order valence-electron chi connectivity index (χ2n) is 8.86. The molecule has 2 amide bonds. The van der Waals surface area contributed by atoms with Crippen molar-refractivity contribution in [3.8, 4) is 0 Å². The first-order valence-electron chi connectivity index (χ1n) is 12.0. The van der Waals surface area contributed by atoms with Gasteiger partial charge in [0.1, 0.15) is 6.04 Å². The summed E-state index contributed by atoms with van der Waals surface area (Å²) in [5, 5.41) is 3.79. The summed E-state index contributed by atoms with van der Waals surface area (Å²) in [7, 11) is 0. The van der Waals surface area contributed by atoms with Gasteiger partial charge < -0.3 is 10.2 Å². The van der Waals surface area contributed by atoms with E-state index >= 15 is 0 Å². The number of rotatable bonds is 11. The number of hydrogen-bond acceptors (Lipinski definition) is 3. The van der Waals surface area contributed by atoms with E-state index in [-0.39, 0.29) is 24.1 Å². The van der Waals surface area contributed by atoms with E-state index in [4.69, 9.17) is 23.2 Å². The van der Waals surface area contributed by atoms with E-state index in [2.05, 4.69) is 37.4 Å². The van der Waals surface area contributed by atoms with Crippen molar-refractivity contribution in [1.82, 2.24) is 10.2 Å². The number of halogens is 2. The fourth-order valence-electron chi connectivity index (χ4n) is 4.17. The molecule has 0 saturated heterocycles. The van der Waals surface area contributed by atoms with E-state index in [1.807, 2.05) is 43.3 Å². The second kappa shape index (κ2) is 13.7. The van der Waals surface area contributed by atoms with Gasteiger partial charge in [0.05, 0.1) is 15.8 Å². The van der Waals surface area contributed by atoms with Crippen molar-refractivity contribution in [2.45, 2.75) is 45.5 Å². The molecule has 3 aromatic carbocycles. The zero-order chi connectivity index (χ0) is 26.1. The third-order valence-electron chi connectivity index (χ3n) is 5.73. The van der Waals surface area contributed by atoms with E-state index in [1.165, 1.54) is 16.7 Å². The SMILES string of the molecule is CCNC(=O)[C@H](Cc1ccccc1)N(Cc1ccc(Cl)c(Cl)c1)C(=O)CSCc1cc(C)cc(C)c1. The van der Waals surface area contributed by atoms with Gasteiger partial charge in [0.2, 0.25) is 11.8 Å². The molecule has 0 radical (unpaired) electrons. The quantitative estimate of drug-likeness (QED) is 0.296. The van der Waals surface area contributed by atoms with Crippen molar-refractivity contribution in [2.24, 2.45) is 0 Å². The Hall–Kier alpha value is -2.47. The second-order valence-corrected chi connectivity index (χ2v) is 10.7. The lowest BCUT2D eigenvalue weighted by molar-refractivity contribution is -0.139. The first-order valence-corrected chi connectivity index (χ1v) is 13.9. The minimum Gasteiger partial charge on any atom is -0.355 e. The Morgan fingerprint density at radius 2 is 1.58 bits per heavy atom. The van der Waals surface area contributed by atoms with Gasteiger partial charge in [-0.25, -0.2) is 0 Å². The Balaban J connectivity index is 1.85. The van der Waals surface area contributed by atoms with Crippen LogP contribution >= 0.6 is 35.0 Å². The summed E-state index contributed by atoms with van der Waals surface area (Å²) in [6.07, 6.45) is 0.418. The molecule has 0 heterocycles. The molecule has 0 bridgehead atoms. The van der Waals surface area contributed by atoms with E-state index in [1.54, 1.807) is 28.8 Å². The Labute approximate surface area is 228 Å². The predicted octanol–water partition coefficient (Wildman–Crippen LogP) is 6.62. The number of hydrogen-bond donors (Lipinski definition) is 1. The van der Waals surface area contributed by atoms with Crippen molar-refractivity contribution >= 4 is 46.8 Å². The summed E-state index contributed by atoms with van der Waals surface area (Å²) in [5.74, 6) is 0.718. The molecule has 0 fully saturated rings. The normalized spacial score (nSPS) is 11.7. The highest BCUT2D eigenvalue weighted by Gasteiger charge is 2.30. The molecule has 0 unspecified atom stereocenters. The number of nitrogens with one attached hydrogen (secondary N) is 1. The van der Waals surface area contributed by atoms with Gasteiger partial charge in [0.25, 0.3) is 0 Å². The van der Waals surface area contributed by atoms with E-state index in [9.17, 15) is 9.59 Å². The molecule has 0 saturated carbocycles. The van der Waals surface area contributed by atoms with Crippen molar-refractivity contribution in [2.75, 3.05) is 12.3 Å². The van der Waals surface area contributed by atoms with Crippen molar-refractivity contribution < 1.29 is 9.59 Å². The lowest BCUT2D eigenvalue weighted by Gasteiger charge is -2.31. The van der Waals surface area contributed by atoms with Gasteiger partial charge in [-0.2, -0.15) is 0 Å². The van der Waals surface area contributed by atoms with Crippen LogP contribution in [0.4, 0.5) is 0 Å². The van der Waals surface area contributed by atoms with Gasteiger partial charge in [0, 0.05) is 25.3 Å². The van der Waals surface area contributed by atoms with E-state index in [0.717, 1.165) is 16.9 Å². The summed E-state index contributed by atoms with van der Waals surface area (Å²) >= 11 is 13.9. The topological polar surface area (TPSA) is 49.4 Å². The number of nitrogens with zero attached hydrogens (tertiary/aromatic N) is 1. The molecule has 3 aromatic rings. The van der Waals surface area contributed by atoms with Gasteiger partial charge in [-0.05, 0) is 49.6 Å². The summed E-state index contributed by atoms with van der Waals surface area (Å²) in [6, 6.07) is 20.8. The number of amides is 2. The smallest absolute Gasteiger partial charge is 0.243 e. The average Bonchev–Trinajstić information content (AvgIpc) is 2.83. The van der Waals surface area contributed by atoms with Crippen LogP contribution in [-0.4, -0.2) is 35.1 Å². The maximum absolute atomic E-state index is 13.6. The van der Waals surface area contributed by atoms with Crippen LogP contribution in [0.1, 0.15) is 34.7 Å². The average molecular weight is 544 g/mol. The lowest BCUT2D eigenvalue weighted by Crippen LogP contribution is -2.51. The molecule has 0 aliphatic carbocycles. The Bertz CT molecular complexity index is 1170. The zero-order valence-corrected chi connectivity index (χ0v) is 23.2. The van der Waals surface area contributed by atoms with E-state index in [0.29, 0.717) is 23.0 Å². The summed E-state index contributed by atoms with van der Waals surface area (Å²) < 4.78 is 0. The number of benzene rings is 3. The van der Waals surface area contributed by atoms with Crippen LogP contribution in [0.3, 0.4) is 0 Å². The molecule has 36 heavy (non-hydrogen) atoms. The van der Waals surface area contributed by atoms with E-state index < -0.39 is 6.04 Å². The van der Waals surface area contributed by atoms with Gasteiger partial charge in [0.15, 0.2) is 0 Å². The molecular formula is C29H32Cl2N2O2S. The van der Waals surface area contributed by atoms with Gasteiger partial charge in [-0.1, -0.05) is 88.9 Å². The molecule has 190 valence electrons. The number of thioether (sulfide) groups is 1. The zero-order valence-electron chi connectivity index (χ0n) is 20.9. The molecule has 7 heteroatoms. The van der Waals surface area contributed by atoms with Crippen LogP contribution in [0.15, 0.2) is 66.7 Å². The molecule has 3 rings (SSSR count). The molecule has 1 atom stereocenters. The van der Waals surface area contributed by atoms with Crippen LogP contribution in [-0.2, 0) is 28.3 Å². The first-order chi connectivity index (χ1) is 17.3. The van der Waals surface area contributed by atoms with Crippen LogP contribution < -0.4 is 5.32 Å². The van der Waals surface area contributed by atoms with Crippen molar-refractivity contribution in [3.05, 3.63) is 105 Å². The van der Waals surface area contributed by atoms with Crippen molar-refractivity contribution in [3.63, 3.8) is 0 Å². The van der Waals surface area contributed by atoms with Gasteiger partial charge >= 0.3 is 0 Å². The Kier molecular flexibility index (Phi) is 10.7. The summed E-state index contributed by atoms with van der Waals surface area (Å²) in [4.78, 5) is 28.5. The number of aryl methyl sites for hydroxylation is 2. The predicted molar refractivity (Wildman–Crippen MR) is 152 cm³/mol. The minimum atomic E-state index is -0.656. The molecule has 0 aromatic heterocycles. The molecule has 0 aliphatic heterocycles. The highest BCUT2D eigenvalue weighted by Crippen LogP contribution is 2.25. The fraction of sp³-hybridized carbons (Fsp3) is 0.310. The van der Waals surface area contributed by atoms with Gasteiger partial charge in [-0.3, -0.25) is 9.59 Å².